The number of carbonyl (C=O) groups is 1. The predicted octanol–water partition coefficient (Wildman–Crippen LogP) is 2.91. The summed E-state index contributed by atoms with van der Waals surface area (Å²) in [4.78, 5) is 11.7. The summed E-state index contributed by atoms with van der Waals surface area (Å²) in [7, 11) is 0. The first-order valence-corrected chi connectivity index (χ1v) is 5.83. The zero-order valence-corrected chi connectivity index (χ0v) is 10.2. The minimum atomic E-state index is -0.923. The van der Waals surface area contributed by atoms with Gasteiger partial charge in [-0.2, -0.15) is 0 Å². The van der Waals surface area contributed by atoms with Crippen molar-refractivity contribution in [2.45, 2.75) is 45.1 Å². The highest BCUT2D eigenvalue weighted by molar-refractivity contribution is 5.84. The third-order valence-electron chi connectivity index (χ3n) is 3.30. The summed E-state index contributed by atoms with van der Waals surface area (Å²) in [6.07, 6.45) is 1.17. The van der Waals surface area contributed by atoms with Crippen molar-refractivity contribution in [2.24, 2.45) is 0 Å². The first-order valence-electron chi connectivity index (χ1n) is 5.83. The number of carbonyl (C=O) groups excluding carboxylic acids is 1. The predicted molar refractivity (Wildman–Crippen MR) is 65.4 cm³/mol. The van der Waals surface area contributed by atoms with Gasteiger partial charge in [-0.1, -0.05) is 44.2 Å². The molecule has 2 heteroatoms. The third-order valence-corrected chi connectivity index (χ3v) is 3.30. The highest BCUT2D eigenvalue weighted by Crippen LogP contribution is 2.34. The average Bonchev–Trinajstić information content (AvgIpc) is 2.30. The molecular weight excluding hydrogens is 200 g/mol. The molecule has 1 unspecified atom stereocenters. The van der Waals surface area contributed by atoms with Gasteiger partial charge in [-0.15, -0.1) is 0 Å². The maximum atomic E-state index is 11.7. The summed E-state index contributed by atoms with van der Waals surface area (Å²) in [5.41, 5.74) is -0.0195. The van der Waals surface area contributed by atoms with Gasteiger partial charge in [0.2, 0.25) is 0 Å². The number of benzene rings is 1. The fraction of sp³-hybridized carbons (Fsp3) is 0.500. The van der Waals surface area contributed by atoms with E-state index in [2.05, 4.69) is 0 Å². The Morgan fingerprint density at radius 1 is 1.25 bits per heavy atom. The van der Waals surface area contributed by atoms with Gasteiger partial charge in [-0.25, -0.2) is 0 Å². The average molecular weight is 220 g/mol. The van der Waals surface area contributed by atoms with Crippen LogP contribution in [0.2, 0.25) is 0 Å². The van der Waals surface area contributed by atoms with Crippen LogP contribution in [0.1, 0.15) is 45.1 Å². The van der Waals surface area contributed by atoms with Crippen LogP contribution >= 0.6 is 0 Å². The highest BCUT2D eigenvalue weighted by atomic mass is 16.3. The van der Waals surface area contributed by atoms with Gasteiger partial charge in [0.1, 0.15) is 5.78 Å². The quantitative estimate of drug-likeness (QED) is 0.828. The second-order valence-corrected chi connectivity index (χ2v) is 4.27. The molecule has 1 N–H and O–H groups in total. The summed E-state index contributed by atoms with van der Waals surface area (Å²) in [5.74, 6) is -0.388. The number of aliphatic hydroxyl groups is 1. The molecule has 0 bridgehead atoms. The van der Waals surface area contributed by atoms with Crippen molar-refractivity contribution in [1.82, 2.24) is 0 Å². The Bertz CT molecular complexity index is 339. The van der Waals surface area contributed by atoms with Gasteiger partial charge in [-0.3, -0.25) is 4.79 Å². The maximum Gasteiger partial charge on any atom is 0.140 e. The normalized spacial score (nSPS) is 13.5. The Hall–Kier alpha value is -1.15. The maximum absolute atomic E-state index is 11.7. The van der Waals surface area contributed by atoms with Crippen molar-refractivity contribution in [2.75, 3.05) is 0 Å². The second kappa shape index (κ2) is 5.26. The summed E-state index contributed by atoms with van der Waals surface area (Å²) in [6, 6.07) is 9.52. The number of ketones is 1. The van der Waals surface area contributed by atoms with Crippen molar-refractivity contribution in [1.29, 1.82) is 0 Å². The van der Waals surface area contributed by atoms with Crippen molar-refractivity contribution >= 4 is 5.78 Å². The molecule has 0 fully saturated rings. The number of Topliss-reactive ketones (excluding diaryl/α,β-unsaturated/α-hetero) is 1. The smallest absolute Gasteiger partial charge is 0.140 e. The van der Waals surface area contributed by atoms with Crippen molar-refractivity contribution < 1.29 is 9.90 Å². The molecule has 0 amide bonds. The van der Waals surface area contributed by atoms with E-state index in [4.69, 9.17) is 0 Å². The van der Waals surface area contributed by atoms with Crippen molar-refractivity contribution in [3.8, 4) is 0 Å². The molecule has 2 nitrogen and oxygen atoms in total. The Balaban J connectivity index is 3.15. The minimum Gasteiger partial charge on any atom is -0.389 e. The van der Waals surface area contributed by atoms with E-state index in [9.17, 15) is 9.90 Å². The van der Waals surface area contributed by atoms with Gasteiger partial charge in [0, 0.05) is 0 Å². The second-order valence-electron chi connectivity index (χ2n) is 4.27. The molecule has 88 valence electrons. The summed E-state index contributed by atoms with van der Waals surface area (Å²) in [5, 5.41) is 10.5. The van der Waals surface area contributed by atoms with Gasteiger partial charge in [0.25, 0.3) is 0 Å². The third kappa shape index (κ3) is 2.50. The molecule has 0 heterocycles. The van der Waals surface area contributed by atoms with Crippen LogP contribution in [0.15, 0.2) is 30.3 Å². The van der Waals surface area contributed by atoms with Crippen LogP contribution < -0.4 is 0 Å². The zero-order valence-electron chi connectivity index (χ0n) is 10.2. The highest BCUT2D eigenvalue weighted by Gasteiger charge is 2.37. The molecule has 0 aromatic heterocycles. The molecule has 0 aliphatic heterocycles. The lowest BCUT2D eigenvalue weighted by Crippen LogP contribution is -2.38. The van der Waals surface area contributed by atoms with E-state index in [1.54, 1.807) is 6.92 Å². The summed E-state index contributed by atoms with van der Waals surface area (Å²) < 4.78 is 0. The van der Waals surface area contributed by atoms with Gasteiger partial charge in [0.15, 0.2) is 0 Å². The SMILES string of the molecule is CCC(O)(CC)C(C(C)=O)c1ccccc1. The van der Waals surface area contributed by atoms with E-state index < -0.39 is 11.5 Å². The molecule has 0 aliphatic carbocycles. The molecule has 0 saturated heterocycles. The molecule has 0 saturated carbocycles. The first kappa shape index (κ1) is 12.9. The lowest BCUT2D eigenvalue weighted by atomic mass is 9.76. The van der Waals surface area contributed by atoms with Crippen LogP contribution in [0.4, 0.5) is 0 Å². The monoisotopic (exact) mass is 220 g/mol. The molecule has 0 spiro atoms. The first-order chi connectivity index (χ1) is 7.55. The van der Waals surface area contributed by atoms with E-state index in [1.165, 1.54) is 0 Å². The van der Waals surface area contributed by atoms with Gasteiger partial charge < -0.3 is 5.11 Å². The summed E-state index contributed by atoms with van der Waals surface area (Å²) in [6.45, 7) is 5.39. The Labute approximate surface area is 97.3 Å². The van der Waals surface area contributed by atoms with Crippen molar-refractivity contribution in [3.05, 3.63) is 35.9 Å². The van der Waals surface area contributed by atoms with E-state index in [1.807, 2.05) is 44.2 Å². The molecule has 0 radical (unpaired) electrons. The van der Waals surface area contributed by atoms with E-state index in [0.717, 1.165) is 5.56 Å². The minimum absolute atomic E-state index is 0.0254. The Morgan fingerprint density at radius 2 is 1.75 bits per heavy atom. The standard InChI is InChI=1S/C14H20O2/c1-4-14(16,5-2)13(11(3)15)12-9-7-6-8-10-12/h6-10,13,16H,4-5H2,1-3H3. The van der Waals surface area contributed by atoms with Crippen LogP contribution in [-0.4, -0.2) is 16.5 Å². The number of hydrogen-bond acceptors (Lipinski definition) is 2. The van der Waals surface area contributed by atoms with Gasteiger partial charge >= 0.3 is 0 Å². The van der Waals surface area contributed by atoms with E-state index in [0.29, 0.717) is 12.8 Å². The largest absolute Gasteiger partial charge is 0.389 e. The van der Waals surface area contributed by atoms with Crippen LogP contribution in [0.25, 0.3) is 0 Å². The van der Waals surface area contributed by atoms with Crippen LogP contribution in [0.3, 0.4) is 0 Å². The van der Waals surface area contributed by atoms with Gasteiger partial charge in [-0.05, 0) is 25.3 Å². The zero-order chi connectivity index (χ0) is 12.2. The van der Waals surface area contributed by atoms with E-state index in [-0.39, 0.29) is 5.78 Å². The molecule has 16 heavy (non-hydrogen) atoms. The summed E-state index contributed by atoms with van der Waals surface area (Å²) >= 11 is 0. The Kier molecular flexibility index (Phi) is 4.25. The molecule has 1 aromatic rings. The number of hydrogen-bond donors (Lipinski definition) is 1. The molecule has 1 aromatic carbocycles. The lowest BCUT2D eigenvalue weighted by Gasteiger charge is -2.33. The van der Waals surface area contributed by atoms with E-state index >= 15 is 0 Å². The molecule has 1 rings (SSSR count). The fourth-order valence-electron chi connectivity index (χ4n) is 2.23. The van der Waals surface area contributed by atoms with Crippen LogP contribution in [0.5, 0.6) is 0 Å². The van der Waals surface area contributed by atoms with Crippen LogP contribution in [0, 0.1) is 0 Å². The molecule has 0 aliphatic rings. The molecule has 1 atom stereocenters. The molecular formula is C14H20O2. The van der Waals surface area contributed by atoms with Gasteiger partial charge in [0.05, 0.1) is 11.5 Å². The number of rotatable bonds is 5. The lowest BCUT2D eigenvalue weighted by molar-refractivity contribution is -0.125. The Morgan fingerprint density at radius 3 is 2.12 bits per heavy atom. The topological polar surface area (TPSA) is 37.3 Å². The van der Waals surface area contributed by atoms with Crippen molar-refractivity contribution in [3.63, 3.8) is 0 Å². The fourth-order valence-corrected chi connectivity index (χ4v) is 2.23. The van der Waals surface area contributed by atoms with Crippen LogP contribution in [-0.2, 0) is 4.79 Å².